The van der Waals surface area contributed by atoms with Crippen molar-refractivity contribution in [2.75, 3.05) is 0 Å². The van der Waals surface area contributed by atoms with Gasteiger partial charge in [-0.15, -0.1) is 0 Å². The molecule has 0 spiro atoms. The zero-order valence-electron chi connectivity index (χ0n) is 11.2. The first kappa shape index (κ1) is 13.2. The third-order valence-corrected chi connectivity index (χ3v) is 3.59. The van der Waals surface area contributed by atoms with Gasteiger partial charge in [0.2, 0.25) is 0 Å². The van der Waals surface area contributed by atoms with Crippen LogP contribution in [0.15, 0.2) is 24.3 Å². The van der Waals surface area contributed by atoms with Gasteiger partial charge in [-0.1, -0.05) is 57.5 Å². The van der Waals surface area contributed by atoms with Crippen LogP contribution in [0.25, 0.3) is 0 Å². The molecule has 0 aromatic heterocycles. The number of nitrogens with two attached hydrogens (primary N) is 1. The third-order valence-electron chi connectivity index (χ3n) is 3.59. The minimum atomic E-state index is 0.162. The Morgan fingerprint density at radius 1 is 1.12 bits per heavy atom. The molecule has 1 aromatic rings. The van der Waals surface area contributed by atoms with E-state index in [-0.39, 0.29) is 6.04 Å². The molecule has 1 aromatic carbocycles. The predicted octanol–water partition coefficient (Wildman–Crippen LogP) is 4.07. The summed E-state index contributed by atoms with van der Waals surface area (Å²) in [6, 6.07) is 8.73. The van der Waals surface area contributed by atoms with Crippen molar-refractivity contribution in [2.24, 2.45) is 17.1 Å². The van der Waals surface area contributed by atoms with Gasteiger partial charge in [0.05, 0.1) is 0 Å². The summed E-state index contributed by atoms with van der Waals surface area (Å²) in [5.41, 5.74) is 9.12. The van der Waals surface area contributed by atoms with Crippen LogP contribution < -0.4 is 5.73 Å². The lowest BCUT2D eigenvalue weighted by Gasteiger charge is -2.29. The summed E-state index contributed by atoms with van der Waals surface area (Å²) in [6.07, 6.45) is 1.05. The Labute approximate surface area is 100 Å². The van der Waals surface area contributed by atoms with Crippen LogP contribution in [0.4, 0.5) is 0 Å². The maximum atomic E-state index is 6.24. The van der Waals surface area contributed by atoms with E-state index >= 15 is 0 Å². The minimum absolute atomic E-state index is 0.162. The van der Waals surface area contributed by atoms with E-state index in [0.29, 0.717) is 11.3 Å². The van der Waals surface area contributed by atoms with Gasteiger partial charge in [0.15, 0.2) is 0 Å². The molecule has 0 aliphatic rings. The van der Waals surface area contributed by atoms with Gasteiger partial charge in [0, 0.05) is 6.04 Å². The molecular formula is C15H25N. The molecule has 1 nitrogen and oxygen atoms in total. The quantitative estimate of drug-likeness (QED) is 0.815. The van der Waals surface area contributed by atoms with Crippen LogP contribution in [0.2, 0.25) is 0 Å². The molecule has 1 rings (SSSR count). The summed E-state index contributed by atoms with van der Waals surface area (Å²) in [5, 5.41) is 0. The van der Waals surface area contributed by atoms with Gasteiger partial charge >= 0.3 is 0 Å². The first-order valence-corrected chi connectivity index (χ1v) is 6.13. The highest BCUT2D eigenvalue weighted by Crippen LogP contribution is 2.32. The molecule has 16 heavy (non-hydrogen) atoms. The average Bonchev–Trinajstić information content (AvgIpc) is 2.17. The van der Waals surface area contributed by atoms with Crippen molar-refractivity contribution in [3.8, 4) is 0 Å². The number of benzene rings is 1. The molecule has 0 fully saturated rings. The zero-order chi connectivity index (χ0) is 12.3. The molecule has 0 saturated heterocycles. The minimum Gasteiger partial charge on any atom is -0.324 e. The molecule has 0 amide bonds. The molecule has 2 N–H and O–H groups in total. The lowest BCUT2D eigenvalue weighted by atomic mass is 9.78. The average molecular weight is 219 g/mol. The van der Waals surface area contributed by atoms with Gasteiger partial charge in [0.1, 0.15) is 0 Å². The topological polar surface area (TPSA) is 26.0 Å². The number of rotatable bonds is 3. The fourth-order valence-corrected chi connectivity index (χ4v) is 1.68. The SMILES string of the molecule is Cc1ccc(C(N)CC(C)C(C)(C)C)cc1. The van der Waals surface area contributed by atoms with Crippen molar-refractivity contribution in [1.82, 2.24) is 0 Å². The molecule has 0 aliphatic heterocycles. The molecule has 2 atom stereocenters. The molecule has 0 aliphatic carbocycles. The van der Waals surface area contributed by atoms with E-state index < -0.39 is 0 Å². The lowest BCUT2D eigenvalue weighted by Crippen LogP contribution is -2.23. The van der Waals surface area contributed by atoms with Gasteiger partial charge in [-0.3, -0.25) is 0 Å². The van der Waals surface area contributed by atoms with Crippen molar-refractivity contribution < 1.29 is 0 Å². The van der Waals surface area contributed by atoms with Gasteiger partial charge < -0.3 is 5.73 Å². The number of aryl methyl sites for hydroxylation is 1. The Morgan fingerprint density at radius 2 is 1.62 bits per heavy atom. The van der Waals surface area contributed by atoms with Crippen LogP contribution in [0.3, 0.4) is 0 Å². The fourth-order valence-electron chi connectivity index (χ4n) is 1.68. The number of hydrogen-bond donors (Lipinski definition) is 1. The lowest BCUT2D eigenvalue weighted by molar-refractivity contribution is 0.234. The number of hydrogen-bond acceptors (Lipinski definition) is 1. The molecule has 0 saturated carbocycles. The molecule has 0 heterocycles. The maximum Gasteiger partial charge on any atom is 0.0297 e. The van der Waals surface area contributed by atoms with E-state index in [1.165, 1.54) is 11.1 Å². The van der Waals surface area contributed by atoms with E-state index in [2.05, 4.69) is 58.9 Å². The van der Waals surface area contributed by atoms with Crippen molar-refractivity contribution in [3.05, 3.63) is 35.4 Å². The maximum absolute atomic E-state index is 6.24. The second kappa shape index (κ2) is 5.01. The second-order valence-electron chi connectivity index (χ2n) is 6.02. The van der Waals surface area contributed by atoms with Crippen molar-refractivity contribution in [1.29, 1.82) is 0 Å². The molecular weight excluding hydrogens is 194 g/mol. The molecule has 2 unspecified atom stereocenters. The Hall–Kier alpha value is -0.820. The largest absolute Gasteiger partial charge is 0.324 e. The summed E-state index contributed by atoms with van der Waals surface area (Å²) in [5.74, 6) is 0.629. The van der Waals surface area contributed by atoms with E-state index in [0.717, 1.165) is 6.42 Å². The van der Waals surface area contributed by atoms with Gasteiger partial charge in [-0.05, 0) is 30.2 Å². The van der Waals surface area contributed by atoms with Crippen LogP contribution in [-0.4, -0.2) is 0 Å². The van der Waals surface area contributed by atoms with Crippen LogP contribution in [0.5, 0.6) is 0 Å². The first-order chi connectivity index (χ1) is 7.30. The Morgan fingerprint density at radius 3 is 2.06 bits per heavy atom. The highest BCUT2D eigenvalue weighted by molar-refractivity contribution is 5.23. The Balaban J connectivity index is 2.65. The fraction of sp³-hybridized carbons (Fsp3) is 0.600. The zero-order valence-corrected chi connectivity index (χ0v) is 11.2. The van der Waals surface area contributed by atoms with E-state index in [1.807, 2.05) is 0 Å². The monoisotopic (exact) mass is 219 g/mol. The van der Waals surface area contributed by atoms with Gasteiger partial charge in [0.25, 0.3) is 0 Å². The highest BCUT2D eigenvalue weighted by atomic mass is 14.6. The normalized spacial score (nSPS) is 15.9. The Kier molecular flexibility index (Phi) is 4.15. The molecule has 0 radical (unpaired) electrons. The van der Waals surface area contributed by atoms with E-state index in [4.69, 9.17) is 5.73 Å². The van der Waals surface area contributed by atoms with Crippen LogP contribution >= 0.6 is 0 Å². The van der Waals surface area contributed by atoms with Crippen molar-refractivity contribution >= 4 is 0 Å². The van der Waals surface area contributed by atoms with Crippen LogP contribution in [-0.2, 0) is 0 Å². The third kappa shape index (κ3) is 3.64. The summed E-state index contributed by atoms with van der Waals surface area (Å²) in [4.78, 5) is 0. The van der Waals surface area contributed by atoms with Crippen molar-refractivity contribution in [2.45, 2.75) is 47.1 Å². The molecule has 0 bridgehead atoms. The molecule has 90 valence electrons. The van der Waals surface area contributed by atoms with Crippen LogP contribution in [0.1, 0.15) is 51.3 Å². The first-order valence-electron chi connectivity index (χ1n) is 6.13. The predicted molar refractivity (Wildman–Crippen MR) is 71.3 cm³/mol. The second-order valence-corrected chi connectivity index (χ2v) is 6.02. The van der Waals surface area contributed by atoms with E-state index in [1.54, 1.807) is 0 Å². The highest BCUT2D eigenvalue weighted by Gasteiger charge is 2.22. The summed E-state index contributed by atoms with van der Waals surface area (Å²) >= 11 is 0. The van der Waals surface area contributed by atoms with Gasteiger partial charge in [-0.2, -0.15) is 0 Å². The molecule has 1 heteroatoms. The van der Waals surface area contributed by atoms with Gasteiger partial charge in [-0.25, -0.2) is 0 Å². The summed E-state index contributed by atoms with van der Waals surface area (Å²) in [6.45, 7) is 11.2. The summed E-state index contributed by atoms with van der Waals surface area (Å²) < 4.78 is 0. The van der Waals surface area contributed by atoms with Crippen molar-refractivity contribution in [3.63, 3.8) is 0 Å². The Bertz CT molecular complexity index is 318. The van der Waals surface area contributed by atoms with Crippen LogP contribution in [0, 0.1) is 18.3 Å². The summed E-state index contributed by atoms with van der Waals surface area (Å²) in [7, 11) is 0. The standard InChI is InChI=1S/C15H25N/c1-11-6-8-13(9-7-11)14(16)10-12(2)15(3,4)5/h6-9,12,14H,10,16H2,1-5H3. The smallest absolute Gasteiger partial charge is 0.0297 e. The van der Waals surface area contributed by atoms with E-state index in [9.17, 15) is 0 Å².